The second kappa shape index (κ2) is 5.49. The van der Waals surface area contributed by atoms with E-state index in [4.69, 9.17) is 0 Å². The highest BCUT2D eigenvalue weighted by Crippen LogP contribution is 2.40. The number of aliphatic hydroxyl groups is 1. The van der Waals surface area contributed by atoms with Crippen LogP contribution in [0.3, 0.4) is 0 Å². The molecule has 1 fully saturated rings. The third-order valence-electron chi connectivity index (χ3n) is 4.02. The first-order valence-corrected chi connectivity index (χ1v) is 7.53. The fourth-order valence-corrected chi connectivity index (χ4v) is 3.74. The monoisotopic (exact) mass is 253 g/mol. The number of hydrogen-bond donors (Lipinski definition) is 1. The molecule has 2 nitrogen and oxygen atoms in total. The van der Waals surface area contributed by atoms with Gasteiger partial charge in [0.15, 0.2) is 0 Å². The van der Waals surface area contributed by atoms with Crippen LogP contribution in [0.2, 0.25) is 0 Å². The summed E-state index contributed by atoms with van der Waals surface area (Å²) in [5, 5.41) is 10.8. The zero-order chi connectivity index (χ0) is 12.4. The minimum atomic E-state index is -0.367. The summed E-state index contributed by atoms with van der Waals surface area (Å²) in [4.78, 5) is 5.50. The molecule has 0 spiro atoms. The quantitative estimate of drug-likeness (QED) is 0.878. The highest BCUT2D eigenvalue weighted by atomic mass is 32.1. The van der Waals surface area contributed by atoms with E-state index in [0.717, 1.165) is 16.7 Å². The van der Waals surface area contributed by atoms with Crippen LogP contribution in [-0.4, -0.2) is 10.1 Å². The van der Waals surface area contributed by atoms with Crippen molar-refractivity contribution in [1.82, 2.24) is 4.98 Å². The number of thiazole rings is 1. The molecule has 1 aromatic rings. The van der Waals surface area contributed by atoms with Gasteiger partial charge in [0.1, 0.15) is 0 Å². The first kappa shape index (κ1) is 13.0. The fraction of sp³-hybridized carbons (Fsp3) is 0.786. The lowest BCUT2D eigenvalue weighted by Crippen LogP contribution is -2.17. The van der Waals surface area contributed by atoms with Gasteiger partial charge < -0.3 is 5.11 Å². The van der Waals surface area contributed by atoms with Gasteiger partial charge in [-0.2, -0.15) is 0 Å². The van der Waals surface area contributed by atoms with Crippen molar-refractivity contribution in [3.63, 3.8) is 0 Å². The Kier molecular flexibility index (Phi) is 4.21. The second-order valence-corrected chi connectivity index (χ2v) is 6.73. The molecule has 17 heavy (non-hydrogen) atoms. The van der Waals surface area contributed by atoms with Gasteiger partial charge in [0.05, 0.1) is 16.0 Å². The summed E-state index contributed by atoms with van der Waals surface area (Å²) >= 11 is 1.70. The topological polar surface area (TPSA) is 33.1 Å². The van der Waals surface area contributed by atoms with Gasteiger partial charge in [0.2, 0.25) is 0 Å². The van der Waals surface area contributed by atoms with Crippen molar-refractivity contribution in [2.75, 3.05) is 0 Å². The molecule has 3 heteroatoms. The predicted molar refractivity (Wildman–Crippen MR) is 72.3 cm³/mol. The zero-order valence-electron chi connectivity index (χ0n) is 11.0. The van der Waals surface area contributed by atoms with Crippen molar-refractivity contribution in [3.8, 4) is 0 Å². The predicted octanol–water partition coefficient (Wildman–Crippen LogP) is 4.13. The smallest absolute Gasteiger partial charge is 0.0959 e. The number of rotatable bonds is 3. The standard InChI is InChI=1S/C14H23NOS/c1-9(2)11-4-6-12(7-5-11)14-15-8-13(17-14)10(3)16/h8-12,16H,4-7H2,1-3H3. The summed E-state index contributed by atoms with van der Waals surface area (Å²) in [5.74, 6) is 2.37. The van der Waals surface area contributed by atoms with Crippen LogP contribution in [0, 0.1) is 11.8 Å². The molecule has 0 aliphatic heterocycles. The van der Waals surface area contributed by atoms with Gasteiger partial charge in [-0.1, -0.05) is 13.8 Å². The average molecular weight is 253 g/mol. The highest BCUT2D eigenvalue weighted by molar-refractivity contribution is 7.11. The molecule has 1 aliphatic carbocycles. The summed E-state index contributed by atoms with van der Waals surface area (Å²) < 4.78 is 0. The Hall–Kier alpha value is -0.410. The Balaban J connectivity index is 1.96. The summed E-state index contributed by atoms with van der Waals surface area (Å²) in [7, 11) is 0. The van der Waals surface area contributed by atoms with Gasteiger partial charge in [-0.3, -0.25) is 0 Å². The van der Waals surface area contributed by atoms with Crippen LogP contribution >= 0.6 is 11.3 Å². The van der Waals surface area contributed by atoms with Crippen LogP contribution in [-0.2, 0) is 0 Å². The molecular formula is C14H23NOS. The minimum Gasteiger partial charge on any atom is -0.388 e. The maximum atomic E-state index is 9.52. The van der Waals surface area contributed by atoms with Gasteiger partial charge in [-0.05, 0) is 44.4 Å². The Morgan fingerprint density at radius 1 is 1.24 bits per heavy atom. The van der Waals surface area contributed by atoms with Crippen LogP contribution in [0.25, 0.3) is 0 Å². The van der Waals surface area contributed by atoms with Crippen LogP contribution in [0.1, 0.15) is 68.4 Å². The lowest BCUT2D eigenvalue weighted by molar-refractivity contribution is 0.203. The van der Waals surface area contributed by atoms with Crippen molar-refractivity contribution in [3.05, 3.63) is 16.1 Å². The van der Waals surface area contributed by atoms with Gasteiger partial charge >= 0.3 is 0 Å². The van der Waals surface area contributed by atoms with Crippen LogP contribution in [0.4, 0.5) is 0 Å². The number of hydrogen-bond acceptors (Lipinski definition) is 3. The molecule has 1 aromatic heterocycles. The summed E-state index contributed by atoms with van der Waals surface area (Å²) in [5.41, 5.74) is 0. The van der Waals surface area contributed by atoms with Gasteiger partial charge in [-0.15, -0.1) is 11.3 Å². The molecule has 1 saturated carbocycles. The number of aromatic nitrogens is 1. The Bertz CT molecular complexity index is 351. The van der Waals surface area contributed by atoms with E-state index in [2.05, 4.69) is 18.8 Å². The molecule has 0 amide bonds. The molecule has 0 bridgehead atoms. The molecule has 2 rings (SSSR count). The summed E-state index contributed by atoms with van der Waals surface area (Å²) in [6.45, 7) is 6.48. The van der Waals surface area contributed by atoms with Crippen LogP contribution in [0.5, 0.6) is 0 Å². The molecule has 96 valence electrons. The number of nitrogens with zero attached hydrogens (tertiary/aromatic N) is 1. The Labute approximate surface area is 108 Å². The normalized spacial score (nSPS) is 27.4. The third-order valence-corrected chi connectivity index (χ3v) is 5.35. The van der Waals surface area contributed by atoms with E-state index in [1.807, 2.05) is 13.1 Å². The molecular weight excluding hydrogens is 230 g/mol. The largest absolute Gasteiger partial charge is 0.388 e. The SMILES string of the molecule is CC(O)c1cnc(C2CCC(C(C)C)CC2)s1. The fourth-order valence-electron chi connectivity index (χ4n) is 2.72. The van der Waals surface area contributed by atoms with E-state index in [1.165, 1.54) is 30.7 Å². The highest BCUT2D eigenvalue weighted by Gasteiger charge is 2.26. The zero-order valence-corrected chi connectivity index (χ0v) is 11.8. The van der Waals surface area contributed by atoms with E-state index in [-0.39, 0.29) is 6.10 Å². The van der Waals surface area contributed by atoms with Gasteiger partial charge in [0.25, 0.3) is 0 Å². The van der Waals surface area contributed by atoms with E-state index < -0.39 is 0 Å². The van der Waals surface area contributed by atoms with Crippen molar-refractivity contribution in [1.29, 1.82) is 0 Å². The summed E-state index contributed by atoms with van der Waals surface area (Å²) in [6.07, 6.45) is 6.70. The third kappa shape index (κ3) is 3.08. The Morgan fingerprint density at radius 3 is 2.35 bits per heavy atom. The van der Waals surface area contributed by atoms with Crippen molar-refractivity contribution >= 4 is 11.3 Å². The van der Waals surface area contributed by atoms with Crippen LogP contribution in [0.15, 0.2) is 6.20 Å². The van der Waals surface area contributed by atoms with Crippen molar-refractivity contribution in [2.45, 2.75) is 58.5 Å². The molecule has 0 radical (unpaired) electrons. The lowest BCUT2D eigenvalue weighted by atomic mass is 9.77. The minimum absolute atomic E-state index is 0.367. The maximum Gasteiger partial charge on any atom is 0.0959 e. The first-order valence-electron chi connectivity index (χ1n) is 6.71. The van der Waals surface area contributed by atoms with Crippen LogP contribution < -0.4 is 0 Å². The average Bonchev–Trinajstić information content (AvgIpc) is 2.78. The molecule has 1 aliphatic rings. The summed E-state index contributed by atoms with van der Waals surface area (Å²) in [6, 6.07) is 0. The maximum absolute atomic E-state index is 9.52. The molecule has 1 N–H and O–H groups in total. The molecule has 1 heterocycles. The molecule has 0 aromatic carbocycles. The molecule has 1 unspecified atom stereocenters. The van der Waals surface area contributed by atoms with E-state index in [1.54, 1.807) is 11.3 Å². The van der Waals surface area contributed by atoms with E-state index in [9.17, 15) is 5.11 Å². The lowest BCUT2D eigenvalue weighted by Gasteiger charge is -2.29. The number of aliphatic hydroxyl groups excluding tert-OH is 1. The Morgan fingerprint density at radius 2 is 1.88 bits per heavy atom. The van der Waals surface area contributed by atoms with Gasteiger partial charge in [-0.25, -0.2) is 4.98 Å². The molecule has 0 saturated heterocycles. The van der Waals surface area contributed by atoms with Crippen molar-refractivity contribution < 1.29 is 5.11 Å². The second-order valence-electron chi connectivity index (χ2n) is 5.63. The van der Waals surface area contributed by atoms with Gasteiger partial charge in [0, 0.05) is 12.1 Å². The van der Waals surface area contributed by atoms with E-state index in [0.29, 0.717) is 5.92 Å². The van der Waals surface area contributed by atoms with E-state index >= 15 is 0 Å². The first-order chi connectivity index (χ1) is 8.08. The van der Waals surface area contributed by atoms with Crippen molar-refractivity contribution in [2.24, 2.45) is 11.8 Å². The molecule has 1 atom stereocenters.